The maximum Gasteiger partial charge on any atom is 0.0443 e. The number of hydrogen-bond acceptors (Lipinski definition) is 3. The SMILES string of the molecule is C[Si](C)(C)CCCN(CCN)CCN. The Morgan fingerprint density at radius 2 is 1.43 bits per heavy atom. The summed E-state index contributed by atoms with van der Waals surface area (Å²) in [6.07, 6.45) is 1.30. The van der Waals surface area contributed by atoms with Gasteiger partial charge in [0.25, 0.3) is 0 Å². The molecule has 4 N–H and O–H groups in total. The Bertz CT molecular complexity index is 128. The molecule has 0 rings (SSSR count). The first-order valence-electron chi connectivity index (χ1n) is 5.62. The number of hydrogen-bond donors (Lipinski definition) is 2. The van der Waals surface area contributed by atoms with Crippen molar-refractivity contribution in [3.05, 3.63) is 0 Å². The second-order valence-electron chi connectivity index (χ2n) is 5.08. The summed E-state index contributed by atoms with van der Waals surface area (Å²) in [4.78, 5) is 2.38. The van der Waals surface area contributed by atoms with Crippen LogP contribution in [-0.2, 0) is 0 Å². The third-order valence-corrected chi connectivity index (χ3v) is 4.15. The molecule has 0 aliphatic carbocycles. The minimum Gasteiger partial charge on any atom is -0.329 e. The summed E-state index contributed by atoms with van der Waals surface area (Å²) in [5, 5.41) is 0. The topological polar surface area (TPSA) is 55.3 Å². The van der Waals surface area contributed by atoms with Crippen LogP contribution < -0.4 is 11.5 Å². The first-order valence-corrected chi connectivity index (χ1v) is 9.33. The van der Waals surface area contributed by atoms with Gasteiger partial charge in [0.1, 0.15) is 0 Å². The van der Waals surface area contributed by atoms with E-state index < -0.39 is 8.07 Å². The lowest BCUT2D eigenvalue weighted by Gasteiger charge is -2.23. The molecular weight excluding hydrogens is 190 g/mol. The Morgan fingerprint density at radius 3 is 1.79 bits per heavy atom. The van der Waals surface area contributed by atoms with Crippen LogP contribution in [0.3, 0.4) is 0 Å². The molecule has 0 bridgehead atoms. The average Bonchev–Trinajstić information content (AvgIpc) is 2.02. The number of rotatable bonds is 8. The van der Waals surface area contributed by atoms with Crippen LogP contribution >= 0.6 is 0 Å². The highest BCUT2D eigenvalue weighted by Crippen LogP contribution is 2.11. The summed E-state index contributed by atoms with van der Waals surface area (Å²) in [7, 11) is -0.859. The lowest BCUT2D eigenvalue weighted by Crippen LogP contribution is -2.35. The molecule has 3 nitrogen and oxygen atoms in total. The van der Waals surface area contributed by atoms with Crippen LogP contribution in [0.1, 0.15) is 6.42 Å². The van der Waals surface area contributed by atoms with Crippen molar-refractivity contribution in [3.63, 3.8) is 0 Å². The van der Waals surface area contributed by atoms with Gasteiger partial charge in [-0.1, -0.05) is 25.7 Å². The van der Waals surface area contributed by atoms with E-state index in [2.05, 4.69) is 24.5 Å². The van der Waals surface area contributed by atoms with Crippen molar-refractivity contribution in [2.75, 3.05) is 32.7 Å². The minimum atomic E-state index is -0.859. The first-order chi connectivity index (χ1) is 6.49. The van der Waals surface area contributed by atoms with Gasteiger partial charge in [0.05, 0.1) is 0 Å². The zero-order valence-corrected chi connectivity index (χ0v) is 11.1. The van der Waals surface area contributed by atoms with Crippen molar-refractivity contribution in [2.24, 2.45) is 11.5 Å². The Hall–Kier alpha value is 0.0969. The van der Waals surface area contributed by atoms with Crippen LogP contribution in [0.5, 0.6) is 0 Å². The van der Waals surface area contributed by atoms with Crippen LogP contribution in [0.15, 0.2) is 0 Å². The molecule has 0 atom stereocenters. The molecule has 0 aliphatic heterocycles. The predicted molar refractivity (Wildman–Crippen MR) is 67.3 cm³/mol. The second-order valence-corrected chi connectivity index (χ2v) is 10.7. The van der Waals surface area contributed by atoms with Crippen LogP contribution in [0.4, 0.5) is 0 Å². The molecule has 0 aromatic heterocycles. The lowest BCUT2D eigenvalue weighted by atomic mass is 10.4. The molecule has 0 unspecified atom stereocenters. The van der Waals surface area contributed by atoms with E-state index >= 15 is 0 Å². The molecular formula is C10H27N3Si. The minimum absolute atomic E-state index is 0.743. The fraction of sp³-hybridized carbons (Fsp3) is 1.00. The van der Waals surface area contributed by atoms with E-state index in [1.165, 1.54) is 19.0 Å². The van der Waals surface area contributed by atoms with Crippen LogP contribution in [0.25, 0.3) is 0 Å². The Kier molecular flexibility index (Phi) is 7.45. The highest BCUT2D eigenvalue weighted by Gasteiger charge is 2.12. The van der Waals surface area contributed by atoms with E-state index in [-0.39, 0.29) is 0 Å². The summed E-state index contributed by atoms with van der Waals surface area (Å²) < 4.78 is 0. The molecule has 0 heterocycles. The van der Waals surface area contributed by atoms with Crippen molar-refractivity contribution in [1.29, 1.82) is 0 Å². The number of nitrogens with two attached hydrogens (primary N) is 2. The maximum absolute atomic E-state index is 5.54. The Labute approximate surface area is 89.8 Å². The number of nitrogens with zero attached hydrogens (tertiary/aromatic N) is 1. The van der Waals surface area contributed by atoms with Gasteiger partial charge in [0.2, 0.25) is 0 Å². The molecule has 0 aromatic rings. The van der Waals surface area contributed by atoms with Crippen LogP contribution in [0, 0.1) is 0 Å². The molecule has 0 saturated carbocycles. The second kappa shape index (κ2) is 7.40. The zero-order chi connectivity index (χ0) is 11.0. The summed E-state index contributed by atoms with van der Waals surface area (Å²) in [5.74, 6) is 0. The van der Waals surface area contributed by atoms with Gasteiger partial charge in [-0.25, -0.2) is 0 Å². The fourth-order valence-corrected chi connectivity index (χ4v) is 2.75. The highest BCUT2D eigenvalue weighted by atomic mass is 28.3. The first kappa shape index (κ1) is 14.1. The van der Waals surface area contributed by atoms with Gasteiger partial charge in [-0.15, -0.1) is 0 Å². The monoisotopic (exact) mass is 217 g/mol. The quantitative estimate of drug-likeness (QED) is 0.595. The molecule has 0 fully saturated rings. The summed E-state index contributed by atoms with van der Waals surface area (Å²) >= 11 is 0. The molecule has 86 valence electrons. The maximum atomic E-state index is 5.54. The van der Waals surface area contributed by atoms with Gasteiger partial charge in [0.15, 0.2) is 0 Å². The van der Waals surface area contributed by atoms with Gasteiger partial charge in [-0.05, 0) is 13.0 Å². The predicted octanol–water partition coefficient (Wildman–Crippen LogP) is 0.934. The van der Waals surface area contributed by atoms with Gasteiger partial charge >= 0.3 is 0 Å². The summed E-state index contributed by atoms with van der Waals surface area (Å²) in [5.41, 5.74) is 11.1. The molecule has 0 spiro atoms. The van der Waals surface area contributed by atoms with E-state index in [1.807, 2.05) is 0 Å². The lowest BCUT2D eigenvalue weighted by molar-refractivity contribution is 0.289. The smallest absolute Gasteiger partial charge is 0.0443 e. The standard InChI is InChI=1S/C10H27N3Si/c1-14(2,3)10-4-7-13(8-5-11)9-6-12/h4-12H2,1-3H3. The van der Waals surface area contributed by atoms with Crippen molar-refractivity contribution in [3.8, 4) is 0 Å². The Balaban J connectivity index is 3.60. The van der Waals surface area contributed by atoms with Gasteiger partial charge < -0.3 is 16.4 Å². The van der Waals surface area contributed by atoms with E-state index in [0.29, 0.717) is 0 Å². The Morgan fingerprint density at radius 1 is 0.929 bits per heavy atom. The molecule has 0 aromatic carbocycles. The zero-order valence-electron chi connectivity index (χ0n) is 10.1. The van der Waals surface area contributed by atoms with Crippen LogP contribution in [-0.4, -0.2) is 45.7 Å². The molecule has 0 aliphatic rings. The summed E-state index contributed by atoms with van der Waals surface area (Å²) in [6.45, 7) is 11.9. The molecule has 0 radical (unpaired) electrons. The normalized spacial score (nSPS) is 12.4. The average molecular weight is 217 g/mol. The van der Waals surface area contributed by atoms with Crippen LogP contribution in [0.2, 0.25) is 25.7 Å². The van der Waals surface area contributed by atoms with Crippen molar-refractivity contribution >= 4 is 8.07 Å². The molecule has 0 saturated heterocycles. The molecule has 14 heavy (non-hydrogen) atoms. The van der Waals surface area contributed by atoms with Crippen molar-refractivity contribution < 1.29 is 0 Å². The fourth-order valence-electron chi connectivity index (χ4n) is 1.53. The van der Waals surface area contributed by atoms with Gasteiger partial charge in [-0.3, -0.25) is 0 Å². The van der Waals surface area contributed by atoms with E-state index in [4.69, 9.17) is 11.5 Å². The highest BCUT2D eigenvalue weighted by molar-refractivity contribution is 6.76. The van der Waals surface area contributed by atoms with Gasteiger partial charge in [0, 0.05) is 34.3 Å². The molecule has 4 heteroatoms. The van der Waals surface area contributed by atoms with E-state index in [1.54, 1.807) is 0 Å². The largest absolute Gasteiger partial charge is 0.329 e. The van der Waals surface area contributed by atoms with E-state index in [0.717, 1.165) is 26.2 Å². The van der Waals surface area contributed by atoms with Gasteiger partial charge in [-0.2, -0.15) is 0 Å². The third-order valence-electron chi connectivity index (χ3n) is 2.29. The molecule has 0 amide bonds. The van der Waals surface area contributed by atoms with Crippen molar-refractivity contribution in [2.45, 2.75) is 32.1 Å². The third kappa shape index (κ3) is 8.68. The summed E-state index contributed by atoms with van der Waals surface area (Å²) in [6, 6.07) is 1.40. The van der Waals surface area contributed by atoms with E-state index in [9.17, 15) is 0 Å². The van der Waals surface area contributed by atoms with Crippen molar-refractivity contribution in [1.82, 2.24) is 4.90 Å².